The Labute approximate surface area is 205 Å². The lowest BCUT2D eigenvalue weighted by Gasteiger charge is -2.31. The summed E-state index contributed by atoms with van der Waals surface area (Å²) in [7, 11) is 3.00. The number of nitrogens with one attached hydrogen (secondary N) is 2. The van der Waals surface area contributed by atoms with Crippen molar-refractivity contribution >= 4 is 29.5 Å². The van der Waals surface area contributed by atoms with Crippen LogP contribution in [-0.4, -0.2) is 64.4 Å². The van der Waals surface area contributed by atoms with Gasteiger partial charge in [-0.25, -0.2) is 24.2 Å². The number of fused-ring (bicyclic) bond motifs is 1. The molecule has 0 saturated carbocycles. The maximum Gasteiger partial charge on any atom is 0.354 e. The molecule has 3 atom stereocenters. The van der Waals surface area contributed by atoms with E-state index in [2.05, 4.69) is 20.7 Å². The molecule has 4 N–H and O–H groups in total. The number of amidine groups is 1. The largest absolute Gasteiger partial charge is 0.473 e. The standard InChI is InChI=1S/C23H25FN8O4/c1-11-6-27-21(33)15-9-29-32-18(25)17(13-5-16(23(34)35-3)31(2)10-13)19(30-20(15)32)26-7-12-4-14(24)8-28-22(12)36-11/h4-5,8-11,15,20H,6-7,25H2,1-3H3,(H,26,30)(H,27,33)/t11-,15?,20?/m0/s1. The molecule has 0 saturated heterocycles. The minimum atomic E-state index is -0.720. The van der Waals surface area contributed by atoms with Gasteiger partial charge in [-0.2, -0.15) is 5.10 Å². The predicted molar refractivity (Wildman–Crippen MR) is 127 cm³/mol. The number of amides is 1. The molecular formula is C23H25FN8O4. The Morgan fingerprint density at radius 2 is 2.14 bits per heavy atom. The molecule has 0 aliphatic carbocycles. The van der Waals surface area contributed by atoms with Crippen molar-refractivity contribution in [3.63, 3.8) is 0 Å². The maximum absolute atomic E-state index is 14.1. The first kappa shape index (κ1) is 23.3. The molecule has 2 aromatic rings. The minimum absolute atomic E-state index is 0.110. The van der Waals surface area contributed by atoms with Crippen LogP contribution in [0, 0.1) is 11.7 Å². The highest BCUT2D eigenvalue weighted by Gasteiger charge is 2.42. The third kappa shape index (κ3) is 4.01. The summed E-state index contributed by atoms with van der Waals surface area (Å²) in [6.45, 7) is 2.09. The topological polar surface area (TPSA) is 148 Å². The minimum Gasteiger partial charge on any atom is -0.473 e. The molecule has 3 aliphatic heterocycles. The number of hydrogen-bond acceptors (Lipinski definition) is 10. The molecule has 13 heteroatoms. The molecular weight excluding hydrogens is 471 g/mol. The summed E-state index contributed by atoms with van der Waals surface area (Å²) >= 11 is 0. The summed E-state index contributed by atoms with van der Waals surface area (Å²) < 4.78 is 26.4. The molecule has 2 bridgehead atoms. The fourth-order valence-electron chi connectivity index (χ4n) is 4.32. The zero-order valence-electron chi connectivity index (χ0n) is 19.9. The zero-order chi connectivity index (χ0) is 25.6. The van der Waals surface area contributed by atoms with Crippen LogP contribution in [0.5, 0.6) is 5.88 Å². The summed E-state index contributed by atoms with van der Waals surface area (Å²) in [4.78, 5) is 34.0. The number of hydrogen-bond donors (Lipinski definition) is 3. The van der Waals surface area contributed by atoms with Gasteiger partial charge in [-0.3, -0.25) is 4.79 Å². The number of hydrazone groups is 1. The average molecular weight is 497 g/mol. The van der Waals surface area contributed by atoms with Gasteiger partial charge in [0.2, 0.25) is 11.8 Å². The average Bonchev–Trinajstić information content (AvgIpc) is 3.45. The summed E-state index contributed by atoms with van der Waals surface area (Å²) in [5.41, 5.74) is 8.37. The molecule has 2 unspecified atom stereocenters. The van der Waals surface area contributed by atoms with Crippen molar-refractivity contribution in [1.82, 2.24) is 25.2 Å². The quantitative estimate of drug-likeness (QED) is 0.504. The lowest BCUT2D eigenvalue weighted by molar-refractivity contribution is -0.124. The second-order valence-electron chi connectivity index (χ2n) is 8.65. The first-order valence-electron chi connectivity index (χ1n) is 11.3. The van der Waals surface area contributed by atoms with E-state index in [1.807, 2.05) is 0 Å². The number of ether oxygens (including phenoxy) is 2. The number of nitrogens with zero attached hydrogens (tertiary/aromatic N) is 5. The second kappa shape index (κ2) is 8.98. The van der Waals surface area contributed by atoms with Crippen LogP contribution in [0.1, 0.15) is 28.5 Å². The summed E-state index contributed by atoms with van der Waals surface area (Å²) in [6, 6.07) is 2.95. The second-order valence-corrected chi connectivity index (χ2v) is 8.65. The summed E-state index contributed by atoms with van der Waals surface area (Å²) in [6.07, 6.45) is 3.13. The Hall–Kier alpha value is -4.42. The lowest BCUT2D eigenvalue weighted by Crippen LogP contribution is -2.47. The van der Waals surface area contributed by atoms with Gasteiger partial charge in [0, 0.05) is 37.1 Å². The molecule has 5 rings (SSSR count). The number of carbonyl (C=O) groups is 2. The lowest BCUT2D eigenvalue weighted by atomic mass is 10.0. The van der Waals surface area contributed by atoms with Crippen molar-refractivity contribution in [2.45, 2.75) is 25.7 Å². The van der Waals surface area contributed by atoms with Gasteiger partial charge in [0.1, 0.15) is 35.2 Å². The van der Waals surface area contributed by atoms with Gasteiger partial charge in [0.05, 0.1) is 25.4 Å². The highest BCUT2D eigenvalue weighted by molar-refractivity contribution is 6.24. The molecule has 0 spiro atoms. The molecule has 2 aromatic heterocycles. The number of halogens is 1. The maximum atomic E-state index is 14.1. The normalized spacial score (nSPS) is 23.3. The van der Waals surface area contributed by atoms with Gasteiger partial charge in [-0.1, -0.05) is 0 Å². The monoisotopic (exact) mass is 496 g/mol. The van der Waals surface area contributed by atoms with Crippen LogP contribution in [-0.2, 0) is 23.1 Å². The van der Waals surface area contributed by atoms with Crippen molar-refractivity contribution in [2.75, 3.05) is 13.7 Å². The van der Waals surface area contributed by atoms with Crippen LogP contribution in [0.3, 0.4) is 0 Å². The number of nitrogens with two attached hydrogens (primary N) is 1. The summed E-state index contributed by atoms with van der Waals surface area (Å²) in [5.74, 6) is -1.21. The van der Waals surface area contributed by atoms with Crippen molar-refractivity contribution in [1.29, 1.82) is 0 Å². The van der Waals surface area contributed by atoms with Crippen LogP contribution >= 0.6 is 0 Å². The van der Waals surface area contributed by atoms with Gasteiger partial charge >= 0.3 is 5.97 Å². The highest BCUT2D eigenvalue weighted by atomic mass is 19.1. The number of methoxy groups -OCH3 is 1. The Bertz CT molecular complexity index is 1330. The van der Waals surface area contributed by atoms with Crippen molar-refractivity contribution in [3.8, 4) is 5.88 Å². The highest BCUT2D eigenvalue weighted by Crippen LogP contribution is 2.33. The molecule has 188 valence electrons. The zero-order valence-corrected chi connectivity index (χ0v) is 19.9. The van der Waals surface area contributed by atoms with Gasteiger partial charge in [-0.15, -0.1) is 0 Å². The Morgan fingerprint density at radius 3 is 2.92 bits per heavy atom. The molecule has 0 radical (unpaired) electrons. The van der Waals surface area contributed by atoms with Gasteiger partial charge in [0.15, 0.2) is 6.17 Å². The van der Waals surface area contributed by atoms with E-state index in [-0.39, 0.29) is 30.7 Å². The van der Waals surface area contributed by atoms with Crippen molar-refractivity contribution < 1.29 is 23.5 Å². The van der Waals surface area contributed by atoms with E-state index in [0.29, 0.717) is 28.2 Å². The Morgan fingerprint density at radius 1 is 1.33 bits per heavy atom. The van der Waals surface area contributed by atoms with E-state index in [1.165, 1.54) is 24.4 Å². The fraction of sp³-hybridized carbons (Fsp3) is 0.348. The smallest absolute Gasteiger partial charge is 0.354 e. The number of aliphatic imine (C=N–C) groups is 1. The third-order valence-corrected chi connectivity index (χ3v) is 6.13. The van der Waals surface area contributed by atoms with Gasteiger partial charge in [0.25, 0.3) is 0 Å². The third-order valence-electron chi connectivity index (χ3n) is 6.13. The Kier molecular flexibility index (Phi) is 5.82. The fourth-order valence-corrected chi connectivity index (χ4v) is 4.32. The van der Waals surface area contributed by atoms with Crippen molar-refractivity contribution in [2.24, 2.45) is 28.8 Å². The number of rotatable bonds is 2. The molecule has 1 amide bonds. The van der Waals surface area contributed by atoms with E-state index >= 15 is 0 Å². The van der Waals surface area contributed by atoms with E-state index in [9.17, 15) is 14.0 Å². The number of esters is 1. The van der Waals surface area contributed by atoms with E-state index in [4.69, 9.17) is 20.2 Å². The number of carbonyl (C=O) groups excluding carboxylic acids is 2. The van der Waals surface area contributed by atoms with E-state index < -0.39 is 30.0 Å². The SMILES string of the molecule is COC(=O)c1cc(C2=C(N)N3N=CC4C(=O)NC[C@H](C)Oc5ncc(F)cc5CNC2=NC43)cn1C. The number of aryl methyl sites for hydroxylation is 1. The first-order valence-corrected chi connectivity index (χ1v) is 11.3. The van der Waals surface area contributed by atoms with E-state index in [1.54, 1.807) is 30.8 Å². The van der Waals surface area contributed by atoms with Crippen LogP contribution in [0.15, 0.2) is 40.4 Å². The van der Waals surface area contributed by atoms with E-state index in [0.717, 1.165) is 6.20 Å². The van der Waals surface area contributed by atoms with Crippen LogP contribution in [0.25, 0.3) is 5.57 Å². The molecule has 36 heavy (non-hydrogen) atoms. The van der Waals surface area contributed by atoms with Gasteiger partial charge < -0.3 is 30.4 Å². The van der Waals surface area contributed by atoms with Crippen molar-refractivity contribution in [3.05, 3.63) is 53.0 Å². The predicted octanol–water partition coefficient (Wildman–Crippen LogP) is 0.316. The van der Waals surface area contributed by atoms with Crippen LogP contribution in [0.4, 0.5) is 4.39 Å². The Balaban J connectivity index is 1.60. The molecule has 12 nitrogen and oxygen atoms in total. The molecule has 5 heterocycles. The first-order chi connectivity index (χ1) is 17.3. The molecule has 0 fully saturated rings. The number of aromatic nitrogens is 2. The van der Waals surface area contributed by atoms with Crippen LogP contribution < -0.4 is 21.1 Å². The molecule has 3 aliphatic rings. The molecule has 0 aromatic carbocycles. The van der Waals surface area contributed by atoms with Crippen LogP contribution in [0.2, 0.25) is 0 Å². The number of pyridine rings is 1. The summed E-state index contributed by atoms with van der Waals surface area (Å²) in [5, 5.41) is 11.9. The van der Waals surface area contributed by atoms with Gasteiger partial charge in [-0.05, 0) is 19.1 Å².